The molecule has 1 heterocycles. The normalized spacial score (nSPS) is 20.0. The zero-order chi connectivity index (χ0) is 52.9. The Kier molecular flexibility index (Phi) is 48.2. The topological polar surface area (TPSA) is 149 Å². The molecule has 0 aromatic rings. The van der Waals surface area contributed by atoms with E-state index in [9.17, 15) is 30.3 Å². The van der Waals surface area contributed by atoms with Crippen molar-refractivity contribution in [2.75, 3.05) is 13.2 Å². The van der Waals surface area contributed by atoms with E-state index in [1.807, 2.05) is 0 Å². The molecule has 1 fully saturated rings. The van der Waals surface area contributed by atoms with E-state index in [2.05, 4.69) is 141 Å². The lowest BCUT2D eigenvalue weighted by Crippen LogP contribution is -2.60. The molecule has 0 saturated carbocycles. The number of ether oxygens (including phenoxy) is 2. The van der Waals surface area contributed by atoms with Crippen molar-refractivity contribution in [2.24, 2.45) is 0 Å². The summed E-state index contributed by atoms with van der Waals surface area (Å²) in [6, 6.07) is -0.730. The molecule has 0 spiro atoms. The first kappa shape index (κ1) is 67.6. The molecule has 1 saturated heterocycles. The highest BCUT2D eigenvalue weighted by Gasteiger charge is 2.44. The minimum Gasteiger partial charge on any atom is -0.394 e. The molecule has 1 amide bonds. The van der Waals surface area contributed by atoms with Crippen molar-refractivity contribution in [1.29, 1.82) is 0 Å². The lowest BCUT2D eigenvalue weighted by atomic mass is 9.99. The van der Waals surface area contributed by atoms with Crippen LogP contribution in [0.4, 0.5) is 0 Å². The fraction of sp³-hybridized carbons (Fsp3) is 0.672. The predicted molar refractivity (Wildman–Crippen MR) is 308 cm³/mol. The molecule has 1 aliphatic heterocycles. The zero-order valence-corrected chi connectivity index (χ0v) is 46.1. The van der Waals surface area contributed by atoms with E-state index >= 15 is 0 Å². The summed E-state index contributed by atoms with van der Waals surface area (Å²) in [5, 5.41) is 54.5. The minimum absolute atomic E-state index is 0.148. The third kappa shape index (κ3) is 41.5. The molecule has 0 aliphatic carbocycles. The van der Waals surface area contributed by atoms with Crippen LogP contribution in [0.3, 0.4) is 0 Å². The maximum absolute atomic E-state index is 13.0. The van der Waals surface area contributed by atoms with Crippen LogP contribution in [-0.4, -0.2) is 87.5 Å². The summed E-state index contributed by atoms with van der Waals surface area (Å²) in [4.78, 5) is 13.0. The highest BCUT2D eigenvalue weighted by atomic mass is 16.7. The van der Waals surface area contributed by atoms with Gasteiger partial charge in [-0.25, -0.2) is 0 Å². The van der Waals surface area contributed by atoms with Crippen molar-refractivity contribution in [2.45, 2.75) is 262 Å². The van der Waals surface area contributed by atoms with Crippen LogP contribution in [0.1, 0.15) is 219 Å². The summed E-state index contributed by atoms with van der Waals surface area (Å²) < 4.78 is 11.3. The van der Waals surface area contributed by atoms with Gasteiger partial charge in [0.2, 0.25) is 5.91 Å². The van der Waals surface area contributed by atoms with Crippen molar-refractivity contribution in [3.05, 3.63) is 122 Å². The third-order valence-electron chi connectivity index (χ3n) is 13.1. The van der Waals surface area contributed by atoms with Crippen LogP contribution in [0, 0.1) is 0 Å². The number of hydrogen-bond acceptors (Lipinski definition) is 8. The average Bonchev–Trinajstić information content (AvgIpc) is 3.39. The van der Waals surface area contributed by atoms with Gasteiger partial charge in [-0.3, -0.25) is 4.79 Å². The maximum Gasteiger partial charge on any atom is 0.220 e. The highest BCUT2D eigenvalue weighted by molar-refractivity contribution is 5.76. The van der Waals surface area contributed by atoms with Crippen LogP contribution in [-0.2, 0) is 14.3 Å². The van der Waals surface area contributed by atoms with Crippen LogP contribution < -0.4 is 5.32 Å². The Labute approximate surface area is 446 Å². The quantitative estimate of drug-likeness (QED) is 0.0261. The van der Waals surface area contributed by atoms with Crippen LogP contribution in [0.25, 0.3) is 0 Å². The van der Waals surface area contributed by atoms with E-state index in [0.717, 1.165) is 116 Å². The molecule has 1 aliphatic rings. The molecule has 9 nitrogen and oxygen atoms in total. The van der Waals surface area contributed by atoms with E-state index in [0.29, 0.717) is 12.8 Å². The molecule has 73 heavy (non-hydrogen) atoms. The van der Waals surface area contributed by atoms with Gasteiger partial charge >= 0.3 is 0 Å². The number of rotatable bonds is 48. The standard InChI is InChI=1S/C64H107NO8/c1-3-5-7-9-11-13-15-16-17-18-19-20-21-22-23-24-25-26-27-28-29-30-31-32-33-34-35-36-37-38-39-40-41-42-44-46-48-50-52-54-60(68)65-57(56-72-64-63(71)62(70)61(69)59(55-66)73-64)58(67)53-51-49-47-45-43-14-12-10-8-6-4-2/h5,7,11,13,16-17,19-20,22-23,25-26,28-29,31-32,34-35,37-38,57-59,61-64,66-67,69-71H,3-4,6,8-10,12,14-15,18,21,24,27,30,33,36,39-56H2,1-2H3,(H,65,68)/b7-5-,13-11-,17-16-,20-19-,23-22-,26-25-,29-28-,32-31-,35-34-,38-37-. The second-order valence-corrected chi connectivity index (χ2v) is 19.7. The molecule has 7 atom stereocenters. The molecule has 9 heteroatoms. The van der Waals surface area contributed by atoms with Crippen LogP contribution in [0.2, 0.25) is 0 Å². The van der Waals surface area contributed by atoms with E-state index in [1.165, 1.54) is 77.0 Å². The third-order valence-corrected chi connectivity index (χ3v) is 13.1. The average molecular weight is 1020 g/mol. The first-order chi connectivity index (χ1) is 35.8. The Balaban J connectivity index is 2.14. The number of unbranched alkanes of at least 4 members (excludes halogenated alkanes) is 18. The summed E-state index contributed by atoms with van der Waals surface area (Å²) in [6.45, 7) is 3.69. The van der Waals surface area contributed by atoms with Gasteiger partial charge in [0.25, 0.3) is 0 Å². The van der Waals surface area contributed by atoms with Crippen molar-refractivity contribution in [3.63, 3.8) is 0 Å². The Morgan fingerprint density at radius 2 is 0.849 bits per heavy atom. The highest BCUT2D eigenvalue weighted by Crippen LogP contribution is 2.23. The van der Waals surface area contributed by atoms with Crippen molar-refractivity contribution in [1.82, 2.24) is 5.32 Å². The van der Waals surface area contributed by atoms with Gasteiger partial charge in [-0.05, 0) is 89.9 Å². The van der Waals surface area contributed by atoms with Gasteiger partial charge in [0.05, 0.1) is 25.4 Å². The summed E-state index contributed by atoms with van der Waals surface area (Å²) in [5.74, 6) is -0.159. The van der Waals surface area contributed by atoms with Gasteiger partial charge in [-0.1, -0.05) is 245 Å². The fourth-order valence-electron chi connectivity index (χ4n) is 8.48. The van der Waals surface area contributed by atoms with Crippen LogP contribution in [0.15, 0.2) is 122 Å². The van der Waals surface area contributed by atoms with Crippen LogP contribution in [0.5, 0.6) is 0 Å². The lowest BCUT2D eigenvalue weighted by Gasteiger charge is -2.40. The molecule has 0 aromatic heterocycles. The summed E-state index contributed by atoms with van der Waals surface area (Å²) >= 11 is 0. The predicted octanol–water partition coefficient (Wildman–Crippen LogP) is 14.7. The monoisotopic (exact) mass is 1020 g/mol. The number of allylic oxidation sites excluding steroid dienone is 20. The fourth-order valence-corrected chi connectivity index (χ4v) is 8.48. The van der Waals surface area contributed by atoms with Gasteiger partial charge in [0.1, 0.15) is 24.4 Å². The molecule has 0 aromatic carbocycles. The molecule has 6 N–H and O–H groups in total. The first-order valence-electron chi connectivity index (χ1n) is 29.2. The zero-order valence-electron chi connectivity index (χ0n) is 46.1. The van der Waals surface area contributed by atoms with Gasteiger partial charge < -0.3 is 40.3 Å². The second-order valence-electron chi connectivity index (χ2n) is 19.7. The Morgan fingerprint density at radius 1 is 0.479 bits per heavy atom. The number of carbonyl (C=O) groups excluding carboxylic acids is 1. The minimum atomic E-state index is -1.56. The van der Waals surface area contributed by atoms with Crippen molar-refractivity contribution in [3.8, 4) is 0 Å². The SMILES string of the molecule is CC/C=C\C/C=C\C/C=C\C/C=C\C/C=C\C/C=C\C/C=C\C/C=C\C/C=C\C/C=C\CCCCCCCCCCC(=O)NC(COC1OC(CO)C(O)C(O)C1O)C(O)CCCCCCCCCCCCC. The second kappa shape index (κ2) is 52.0. The smallest absolute Gasteiger partial charge is 0.220 e. The van der Waals surface area contributed by atoms with Gasteiger partial charge in [0.15, 0.2) is 6.29 Å². The molecule has 0 bridgehead atoms. The van der Waals surface area contributed by atoms with Gasteiger partial charge in [-0.15, -0.1) is 0 Å². The Bertz CT molecular complexity index is 1560. The van der Waals surface area contributed by atoms with Gasteiger partial charge in [-0.2, -0.15) is 0 Å². The van der Waals surface area contributed by atoms with E-state index in [-0.39, 0.29) is 12.5 Å². The van der Waals surface area contributed by atoms with E-state index < -0.39 is 49.5 Å². The number of aliphatic hydroxyl groups is 5. The molecular formula is C64H107NO8. The molecule has 416 valence electrons. The largest absolute Gasteiger partial charge is 0.394 e. The van der Waals surface area contributed by atoms with Crippen LogP contribution >= 0.6 is 0 Å². The summed E-state index contributed by atoms with van der Waals surface area (Å²) in [5.41, 5.74) is 0. The maximum atomic E-state index is 13.0. The molecule has 1 rings (SSSR count). The first-order valence-corrected chi connectivity index (χ1v) is 29.2. The van der Waals surface area contributed by atoms with Crippen molar-refractivity contribution >= 4 is 5.91 Å². The molecule has 0 radical (unpaired) electrons. The number of carbonyl (C=O) groups is 1. The van der Waals surface area contributed by atoms with Crippen molar-refractivity contribution < 1.29 is 39.8 Å². The van der Waals surface area contributed by atoms with E-state index in [1.54, 1.807) is 0 Å². The molecule has 7 unspecified atom stereocenters. The number of aliphatic hydroxyl groups excluding tert-OH is 5. The number of nitrogens with one attached hydrogen (secondary N) is 1. The Hall–Kier alpha value is -3.41. The Morgan fingerprint density at radius 3 is 1.26 bits per heavy atom. The number of hydrogen-bond donors (Lipinski definition) is 6. The summed E-state index contributed by atoms with van der Waals surface area (Å²) in [6.07, 6.45) is 70.9. The molecular weight excluding hydrogens is 911 g/mol. The lowest BCUT2D eigenvalue weighted by molar-refractivity contribution is -0.302. The van der Waals surface area contributed by atoms with E-state index in [4.69, 9.17) is 9.47 Å². The number of amides is 1. The van der Waals surface area contributed by atoms with Gasteiger partial charge in [0, 0.05) is 6.42 Å². The summed E-state index contributed by atoms with van der Waals surface area (Å²) in [7, 11) is 0.